The van der Waals surface area contributed by atoms with Gasteiger partial charge in [-0.2, -0.15) is 0 Å². The van der Waals surface area contributed by atoms with E-state index in [2.05, 4.69) is 23.9 Å². The standard InChI is InChI=1S/C7H15N.C6H13N.2C2H6.2CH4/c1-8-6-4-2-3-5-7-8;1-7-5-3-2-4-6-7;2*1-2;;/h2-7H2,1H3;2-6H2,1H3;2*1-2H3;2*1H4. The van der Waals surface area contributed by atoms with E-state index in [1.165, 1.54) is 71.1 Å². The maximum atomic E-state index is 2.42. The number of rotatable bonds is 0. The van der Waals surface area contributed by atoms with Crippen LogP contribution in [0.1, 0.15) is 87.5 Å². The van der Waals surface area contributed by atoms with Crippen LogP contribution in [0.3, 0.4) is 0 Å². The highest BCUT2D eigenvalue weighted by atomic mass is 15.1. The van der Waals surface area contributed by atoms with E-state index in [4.69, 9.17) is 0 Å². The molecule has 2 aliphatic heterocycles. The van der Waals surface area contributed by atoms with Gasteiger partial charge in [0.15, 0.2) is 0 Å². The van der Waals surface area contributed by atoms with Crippen LogP contribution in [0.15, 0.2) is 0 Å². The molecule has 0 aliphatic carbocycles. The molecule has 21 heavy (non-hydrogen) atoms. The van der Waals surface area contributed by atoms with Gasteiger partial charge in [0.1, 0.15) is 0 Å². The summed E-state index contributed by atoms with van der Waals surface area (Å²) in [6, 6.07) is 0. The highest BCUT2D eigenvalue weighted by molar-refractivity contribution is 4.58. The minimum absolute atomic E-state index is 0. The van der Waals surface area contributed by atoms with E-state index in [9.17, 15) is 0 Å². The van der Waals surface area contributed by atoms with Crippen molar-refractivity contribution in [3.63, 3.8) is 0 Å². The third-order valence-corrected chi connectivity index (χ3v) is 3.41. The first-order valence-electron chi connectivity index (χ1n) is 8.66. The Labute approximate surface area is 138 Å². The van der Waals surface area contributed by atoms with Crippen LogP contribution in [0, 0.1) is 0 Å². The molecule has 2 fully saturated rings. The number of piperidine rings is 1. The summed E-state index contributed by atoms with van der Waals surface area (Å²) < 4.78 is 0. The molecule has 0 spiro atoms. The first-order valence-corrected chi connectivity index (χ1v) is 8.66. The molecule has 0 aromatic carbocycles. The van der Waals surface area contributed by atoms with Gasteiger partial charge in [-0.3, -0.25) is 0 Å². The van der Waals surface area contributed by atoms with E-state index < -0.39 is 0 Å². The molecule has 0 radical (unpaired) electrons. The average molecular weight is 305 g/mol. The second-order valence-corrected chi connectivity index (χ2v) is 5.08. The maximum absolute atomic E-state index is 2.42. The van der Waals surface area contributed by atoms with E-state index in [1.807, 2.05) is 27.7 Å². The lowest BCUT2D eigenvalue weighted by atomic mass is 10.1. The Balaban J connectivity index is -0.000000104. The van der Waals surface area contributed by atoms with Gasteiger partial charge >= 0.3 is 0 Å². The number of likely N-dealkylation sites (tertiary alicyclic amines) is 2. The molecule has 0 saturated carbocycles. The minimum atomic E-state index is 0. The van der Waals surface area contributed by atoms with Crippen molar-refractivity contribution < 1.29 is 0 Å². The molecule has 0 N–H and O–H groups in total. The van der Waals surface area contributed by atoms with Gasteiger partial charge in [-0.05, 0) is 66.0 Å². The molecule has 0 aromatic rings. The normalized spacial score (nSPS) is 18.6. The van der Waals surface area contributed by atoms with Gasteiger partial charge in [0, 0.05) is 0 Å². The monoisotopic (exact) mass is 304 g/mol. The smallest absolute Gasteiger partial charge is 0.00218 e. The van der Waals surface area contributed by atoms with Crippen LogP contribution < -0.4 is 0 Å². The number of hydrogen-bond donors (Lipinski definition) is 0. The van der Waals surface area contributed by atoms with Gasteiger partial charge < -0.3 is 9.80 Å². The molecule has 2 rings (SSSR count). The van der Waals surface area contributed by atoms with E-state index in [0.29, 0.717) is 0 Å². The molecule has 2 heterocycles. The zero-order chi connectivity index (χ0) is 14.9. The summed E-state index contributed by atoms with van der Waals surface area (Å²) in [5, 5.41) is 0. The molecular formula is C19H48N2. The van der Waals surface area contributed by atoms with Crippen LogP contribution in [0.25, 0.3) is 0 Å². The molecule has 2 saturated heterocycles. The van der Waals surface area contributed by atoms with Crippen molar-refractivity contribution in [2.24, 2.45) is 0 Å². The molecule has 134 valence electrons. The molecule has 2 heteroatoms. The minimum Gasteiger partial charge on any atom is -0.306 e. The second kappa shape index (κ2) is 24.9. The average Bonchev–Trinajstić information content (AvgIpc) is 2.72. The van der Waals surface area contributed by atoms with Crippen LogP contribution in [0.2, 0.25) is 0 Å². The molecular weight excluding hydrogens is 256 g/mol. The van der Waals surface area contributed by atoms with Crippen molar-refractivity contribution in [1.29, 1.82) is 0 Å². The summed E-state index contributed by atoms with van der Waals surface area (Å²) >= 11 is 0. The summed E-state index contributed by atoms with van der Waals surface area (Å²) in [7, 11) is 4.41. The van der Waals surface area contributed by atoms with Gasteiger partial charge in [-0.15, -0.1) is 0 Å². The topological polar surface area (TPSA) is 6.48 Å². The number of hydrogen-bond acceptors (Lipinski definition) is 2. The quantitative estimate of drug-likeness (QED) is 0.548. The Morgan fingerprint density at radius 2 is 0.619 bits per heavy atom. The zero-order valence-corrected chi connectivity index (χ0v) is 14.7. The molecule has 0 bridgehead atoms. The zero-order valence-electron chi connectivity index (χ0n) is 14.7. The van der Waals surface area contributed by atoms with E-state index in [0.717, 1.165) is 0 Å². The predicted molar refractivity (Wildman–Crippen MR) is 103 cm³/mol. The van der Waals surface area contributed by atoms with Gasteiger partial charge in [-0.1, -0.05) is 61.8 Å². The van der Waals surface area contributed by atoms with Crippen LogP contribution in [0.5, 0.6) is 0 Å². The van der Waals surface area contributed by atoms with Crippen molar-refractivity contribution in [2.75, 3.05) is 40.3 Å². The Morgan fingerprint density at radius 1 is 0.429 bits per heavy atom. The highest BCUT2D eigenvalue weighted by Crippen LogP contribution is 2.06. The van der Waals surface area contributed by atoms with Crippen LogP contribution >= 0.6 is 0 Å². The van der Waals surface area contributed by atoms with Gasteiger partial charge in [0.2, 0.25) is 0 Å². The highest BCUT2D eigenvalue weighted by Gasteiger charge is 2.02. The summed E-state index contributed by atoms with van der Waals surface area (Å²) in [5.41, 5.74) is 0. The van der Waals surface area contributed by atoms with E-state index in [-0.39, 0.29) is 14.9 Å². The predicted octanol–water partition coefficient (Wildman–Crippen LogP) is 5.92. The van der Waals surface area contributed by atoms with Crippen molar-refractivity contribution in [2.45, 2.75) is 87.5 Å². The Morgan fingerprint density at radius 3 is 0.857 bits per heavy atom. The number of nitrogens with zero attached hydrogens (tertiary/aromatic N) is 2. The lowest BCUT2D eigenvalue weighted by Gasteiger charge is -2.20. The Kier molecular flexibility index (Phi) is 34.4. The SMILES string of the molecule is C.C.CC.CC.CN1CCCCC1.CN1CCCCCC1. The van der Waals surface area contributed by atoms with Crippen LogP contribution in [-0.2, 0) is 0 Å². The first-order chi connectivity index (χ1) is 9.29. The van der Waals surface area contributed by atoms with E-state index in [1.54, 1.807) is 0 Å². The largest absolute Gasteiger partial charge is 0.306 e. The molecule has 0 atom stereocenters. The van der Waals surface area contributed by atoms with Crippen LogP contribution in [-0.4, -0.2) is 50.1 Å². The van der Waals surface area contributed by atoms with Gasteiger partial charge in [0.05, 0.1) is 0 Å². The van der Waals surface area contributed by atoms with Crippen molar-refractivity contribution in [1.82, 2.24) is 9.80 Å². The Hall–Kier alpha value is -0.0800. The molecule has 2 nitrogen and oxygen atoms in total. The van der Waals surface area contributed by atoms with E-state index >= 15 is 0 Å². The fourth-order valence-electron chi connectivity index (χ4n) is 2.28. The molecule has 0 amide bonds. The van der Waals surface area contributed by atoms with Gasteiger partial charge in [0.25, 0.3) is 0 Å². The molecule has 0 unspecified atom stereocenters. The fraction of sp³-hybridized carbons (Fsp3) is 1.00. The summed E-state index contributed by atoms with van der Waals surface area (Å²) in [6.07, 6.45) is 10.00. The second-order valence-electron chi connectivity index (χ2n) is 5.08. The third kappa shape index (κ3) is 22.3. The first kappa shape index (κ1) is 29.0. The van der Waals surface area contributed by atoms with Crippen LogP contribution in [0.4, 0.5) is 0 Å². The maximum Gasteiger partial charge on any atom is -0.00218 e. The summed E-state index contributed by atoms with van der Waals surface area (Å²) in [5.74, 6) is 0. The Bertz CT molecular complexity index is 135. The lowest BCUT2D eigenvalue weighted by molar-refractivity contribution is 0.277. The molecule has 2 aliphatic rings. The lowest BCUT2D eigenvalue weighted by Crippen LogP contribution is -2.24. The van der Waals surface area contributed by atoms with Crippen molar-refractivity contribution in [3.8, 4) is 0 Å². The fourth-order valence-corrected chi connectivity index (χ4v) is 2.28. The van der Waals surface area contributed by atoms with Crippen molar-refractivity contribution >= 4 is 0 Å². The van der Waals surface area contributed by atoms with Crippen molar-refractivity contribution in [3.05, 3.63) is 0 Å². The van der Waals surface area contributed by atoms with Gasteiger partial charge in [-0.25, -0.2) is 0 Å². The third-order valence-electron chi connectivity index (χ3n) is 3.41. The summed E-state index contributed by atoms with van der Waals surface area (Å²) in [6.45, 7) is 13.3. The summed E-state index contributed by atoms with van der Waals surface area (Å²) in [4.78, 5) is 4.82. The molecule has 0 aromatic heterocycles.